The Morgan fingerprint density at radius 1 is 1.24 bits per heavy atom. The van der Waals surface area contributed by atoms with Crippen LogP contribution in [-0.4, -0.2) is 22.1 Å². The predicted octanol–water partition coefficient (Wildman–Crippen LogP) is 0.838. The summed E-state index contributed by atoms with van der Waals surface area (Å²) in [6.45, 7) is -0.0437. The van der Waals surface area contributed by atoms with Gasteiger partial charge >= 0.3 is 5.97 Å². The molecule has 0 spiro atoms. The minimum absolute atomic E-state index is 0.0437. The maximum atomic E-state index is 11.6. The third kappa shape index (κ3) is 2.62. The Hall–Kier alpha value is -1.88. The Balaban J connectivity index is 1.93. The maximum absolute atomic E-state index is 11.6. The number of nitrogens with one attached hydrogen (secondary N) is 1. The quantitative estimate of drug-likeness (QED) is 0.721. The number of aliphatic hydroxyl groups is 1. The van der Waals surface area contributed by atoms with Crippen LogP contribution in [0.25, 0.3) is 0 Å². The summed E-state index contributed by atoms with van der Waals surface area (Å²) in [7, 11) is 0. The van der Waals surface area contributed by atoms with Crippen LogP contribution in [0.2, 0.25) is 0 Å². The highest BCUT2D eigenvalue weighted by Crippen LogP contribution is 2.39. The van der Waals surface area contributed by atoms with E-state index in [2.05, 4.69) is 5.32 Å². The third-order valence-electron chi connectivity index (χ3n) is 2.85. The van der Waals surface area contributed by atoms with Crippen molar-refractivity contribution in [2.45, 2.75) is 13.0 Å². The van der Waals surface area contributed by atoms with E-state index in [0.29, 0.717) is 12.1 Å². The van der Waals surface area contributed by atoms with E-state index in [1.807, 2.05) is 0 Å². The molecule has 0 bridgehead atoms. The molecular weight excluding hydrogens is 222 g/mol. The van der Waals surface area contributed by atoms with Gasteiger partial charge in [-0.1, -0.05) is 12.1 Å². The smallest absolute Gasteiger partial charge is 0.307 e. The topological polar surface area (TPSA) is 86.6 Å². The van der Waals surface area contributed by atoms with Crippen molar-refractivity contribution in [3.8, 4) is 0 Å². The second-order valence-electron chi connectivity index (χ2n) is 4.13. The van der Waals surface area contributed by atoms with Gasteiger partial charge in [-0.15, -0.1) is 0 Å². The number of aliphatic hydroxyl groups excluding tert-OH is 1. The van der Waals surface area contributed by atoms with E-state index in [1.165, 1.54) is 0 Å². The summed E-state index contributed by atoms with van der Waals surface area (Å²) in [5.74, 6) is -2.12. The van der Waals surface area contributed by atoms with Crippen LogP contribution in [0.15, 0.2) is 24.3 Å². The zero-order valence-electron chi connectivity index (χ0n) is 9.09. The fourth-order valence-corrected chi connectivity index (χ4v) is 1.69. The number of carboxylic acid groups (broad SMARTS) is 1. The lowest BCUT2D eigenvalue weighted by Gasteiger charge is -2.04. The first-order valence-electron chi connectivity index (χ1n) is 5.35. The zero-order valence-corrected chi connectivity index (χ0v) is 9.09. The van der Waals surface area contributed by atoms with Crippen LogP contribution in [0.4, 0.5) is 5.69 Å². The molecule has 0 aromatic heterocycles. The molecule has 2 rings (SSSR count). The van der Waals surface area contributed by atoms with Crippen LogP contribution >= 0.6 is 0 Å². The molecule has 0 unspecified atom stereocenters. The summed E-state index contributed by atoms with van der Waals surface area (Å²) in [6.07, 6.45) is 0.413. The minimum Gasteiger partial charge on any atom is -0.481 e. The molecule has 17 heavy (non-hydrogen) atoms. The van der Waals surface area contributed by atoms with Crippen molar-refractivity contribution >= 4 is 17.6 Å². The normalized spacial score (nSPS) is 21.9. The first kappa shape index (κ1) is 11.6. The molecule has 5 heteroatoms. The highest BCUT2D eigenvalue weighted by Gasteiger charge is 2.48. The summed E-state index contributed by atoms with van der Waals surface area (Å²) in [4.78, 5) is 22.2. The molecule has 0 aliphatic heterocycles. The van der Waals surface area contributed by atoms with Gasteiger partial charge in [0, 0.05) is 5.69 Å². The number of aliphatic carboxylic acids is 1. The molecule has 90 valence electrons. The van der Waals surface area contributed by atoms with Gasteiger partial charge in [-0.2, -0.15) is 0 Å². The van der Waals surface area contributed by atoms with E-state index < -0.39 is 17.8 Å². The molecule has 1 saturated carbocycles. The SMILES string of the molecule is O=C(O)[C@H]1C[C@H]1C(=O)Nc1ccc(CO)cc1. The Morgan fingerprint density at radius 3 is 2.35 bits per heavy atom. The Kier molecular flexibility index (Phi) is 3.10. The van der Waals surface area contributed by atoms with Gasteiger partial charge in [0.1, 0.15) is 0 Å². The Bertz CT molecular complexity index is 440. The van der Waals surface area contributed by atoms with Crippen LogP contribution in [-0.2, 0) is 16.2 Å². The molecular formula is C12H13NO4. The number of hydrogen-bond acceptors (Lipinski definition) is 3. The summed E-state index contributed by atoms with van der Waals surface area (Å²) in [6, 6.07) is 6.78. The first-order chi connectivity index (χ1) is 8.11. The first-order valence-corrected chi connectivity index (χ1v) is 5.35. The highest BCUT2D eigenvalue weighted by molar-refractivity contribution is 5.98. The molecule has 3 N–H and O–H groups in total. The van der Waals surface area contributed by atoms with Crippen molar-refractivity contribution in [2.24, 2.45) is 11.8 Å². The van der Waals surface area contributed by atoms with Gasteiger partial charge in [0.05, 0.1) is 18.4 Å². The number of rotatable bonds is 4. The van der Waals surface area contributed by atoms with Crippen LogP contribution in [0.1, 0.15) is 12.0 Å². The standard InChI is InChI=1S/C12H13NO4/c14-6-7-1-3-8(4-2-7)13-11(15)9-5-10(9)12(16)17/h1-4,9-10,14H,5-6H2,(H,13,15)(H,16,17)/t9-,10+/m1/s1. The molecule has 0 heterocycles. The van der Waals surface area contributed by atoms with Crippen molar-refractivity contribution in [2.75, 3.05) is 5.32 Å². The number of hydrogen-bond donors (Lipinski definition) is 3. The fraction of sp³-hybridized carbons (Fsp3) is 0.333. The number of carboxylic acids is 1. The average molecular weight is 235 g/mol. The van der Waals surface area contributed by atoms with Gasteiger partial charge in [-0.05, 0) is 24.1 Å². The third-order valence-corrected chi connectivity index (χ3v) is 2.85. The molecule has 1 aliphatic rings. The molecule has 0 radical (unpaired) electrons. The Labute approximate surface area is 98.1 Å². The average Bonchev–Trinajstić information content (AvgIpc) is 3.10. The molecule has 2 atom stereocenters. The maximum Gasteiger partial charge on any atom is 0.307 e. The lowest BCUT2D eigenvalue weighted by atomic mass is 10.2. The van der Waals surface area contributed by atoms with Gasteiger partial charge in [-0.25, -0.2) is 0 Å². The number of carbonyl (C=O) groups is 2. The van der Waals surface area contributed by atoms with Crippen molar-refractivity contribution in [3.63, 3.8) is 0 Å². The van der Waals surface area contributed by atoms with Crippen LogP contribution in [0.5, 0.6) is 0 Å². The van der Waals surface area contributed by atoms with E-state index in [-0.39, 0.29) is 12.5 Å². The largest absolute Gasteiger partial charge is 0.481 e. The van der Waals surface area contributed by atoms with E-state index in [9.17, 15) is 9.59 Å². The molecule has 1 aromatic rings. The van der Waals surface area contributed by atoms with E-state index in [0.717, 1.165) is 5.56 Å². The fourth-order valence-electron chi connectivity index (χ4n) is 1.69. The van der Waals surface area contributed by atoms with Crippen LogP contribution < -0.4 is 5.32 Å². The van der Waals surface area contributed by atoms with Crippen molar-refractivity contribution in [1.29, 1.82) is 0 Å². The summed E-state index contributed by atoms with van der Waals surface area (Å²) in [5.41, 5.74) is 1.38. The van der Waals surface area contributed by atoms with Crippen LogP contribution in [0.3, 0.4) is 0 Å². The van der Waals surface area contributed by atoms with E-state index in [1.54, 1.807) is 24.3 Å². The molecule has 1 aliphatic carbocycles. The van der Waals surface area contributed by atoms with Gasteiger partial charge in [0.25, 0.3) is 0 Å². The van der Waals surface area contributed by atoms with Crippen LogP contribution in [0, 0.1) is 11.8 Å². The van der Waals surface area contributed by atoms with Crippen molar-refractivity contribution < 1.29 is 19.8 Å². The summed E-state index contributed by atoms with van der Waals surface area (Å²) in [5, 5.41) is 20.2. The molecule has 1 amide bonds. The van der Waals surface area contributed by atoms with Gasteiger partial charge < -0.3 is 15.5 Å². The summed E-state index contributed by atoms with van der Waals surface area (Å²) < 4.78 is 0. The summed E-state index contributed by atoms with van der Waals surface area (Å²) >= 11 is 0. The predicted molar refractivity (Wildman–Crippen MR) is 60.2 cm³/mol. The molecule has 1 fully saturated rings. The molecule has 5 nitrogen and oxygen atoms in total. The number of anilines is 1. The lowest BCUT2D eigenvalue weighted by molar-refractivity contribution is -0.139. The lowest BCUT2D eigenvalue weighted by Crippen LogP contribution is -2.16. The molecule has 1 aromatic carbocycles. The minimum atomic E-state index is -0.916. The second kappa shape index (κ2) is 4.55. The van der Waals surface area contributed by atoms with Gasteiger partial charge in [-0.3, -0.25) is 9.59 Å². The number of benzene rings is 1. The van der Waals surface area contributed by atoms with E-state index >= 15 is 0 Å². The monoisotopic (exact) mass is 235 g/mol. The molecule has 0 saturated heterocycles. The highest BCUT2D eigenvalue weighted by atomic mass is 16.4. The zero-order chi connectivity index (χ0) is 12.4. The van der Waals surface area contributed by atoms with Crippen molar-refractivity contribution in [1.82, 2.24) is 0 Å². The van der Waals surface area contributed by atoms with Gasteiger partial charge in [0.2, 0.25) is 5.91 Å². The number of carbonyl (C=O) groups excluding carboxylic acids is 1. The van der Waals surface area contributed by atoms with E-state index in [4.69, 9.17) is 10.2 Å². The van der Waals surface area contributed by atoms with Gasteiger partial charge in [0.15, 0.2) is 0 Å². The Morgan fingerprint density at radius 2 is 1.88 bits per heavy atom. The number of amides is 1. The second-order valence-corrected chi connectivity index (χ2v) is 4.13. The van der Waals surface area contributed by atoms with Crippen molar-refractivity contribution in [3.05, 3.63) is 29.8 Å².